The molecule has 1 rings (SSSR count). The molecule has 76 valence electrons. The third kappa shape index (κ3) is 4.86. The van der Waals surface area contributed by atoms with Crippen LogP contribution in [0.4, 0.5) is 0 Å². The summed E-state index contributed by atoms with van der Waals surface area (Å²) in [6.07, 6.45) is 8.32. The first-order valence-corrected chi connectivity index (χ1v) is 5.50. The third-order valence-corrected chi connectivity index (χ3v) is 2.26. The van der Waals surface area contributed by atoms with Gasteiger partial charge in [-0.3, -0.25) is 0 Å². The molecule has 0 saturated heterocycles. The van der Waals surface area contributed by atoms with E-state index in [2.05, 4.69) is 56.3 Å². The number of allylic oxidation sites excluding steroid dienone is 1. The Hall–Kier alpha value is -1.04. The van der Waals surface area contributed by atoms with Crippen molar-refractivity contribution in [2.24, 2.45) is 5.92 Å². The number of unbranched alkanes of at least 4 members (excludes halogenated alkanes) is 1. The summed E-state index contributed by atoms with van der Waals surface area (Å²) in [5.74, 6) is 0.833. The topological polar surface area (TPSA) is 0 Å². The van der Waals surface area contributed by atoms with Gasteiger partial charge in [0.15, 0.2) is 0 Å². The highest BCUT2D eigenvalue weighted by molar-refractivity contribution is 5.48. The van der Waals surface area contributed by atoms with Gasteiger partial charge in [-0.25, -0.2) is 0 Å². The van der Waals surface area contributed by atoms with Crippen molar-refractivity contribution in [2.75, 3.05) is 0 Å². The Kier molecular flexibility index (Phi) is 5.06. The lowest BCUT2D eigenvalue weighted by Gasteiger charge is -2.00. The summed E-state index contributed by atoms with van der Waals surface area (Å²) < 4.78 is 0. The summed E-state index contributed by atoms with van der Waals surface area (Å²) in [7, 11) is 0. The summed E-state index contributed by atoms with van der Waals surface area (Å²) in [6, 6.07) is 10.5. The van der Waals surface area contributed by atoms with E-state index in [1.165, 1.54) is 24.8 Å². The van der Waals surface area contributed by atoms with Crippen LogP contribution in [0, 0.1) is 5.92 Å². The molecular formula is C14H20. The molecule has 0 aliphatic heterocycles. The van der Waals surface area contributed by atoms with Crippen molar-refractivity contribution in [3.8, 4) is 0 Å². The summed E-state index contributed by atoms with van der Waals surface area (Å²) >= 11 is 0. The number of benzene rings is 1. The van der Waals surface area contributed by atoms with Gasteiger partial charge in [0.2, 0.25) is 0 Å². The van der Waals surface area contributed by atoms with Crippen LogP contribution in [0.1, 0.15) is 38.7 Å². The monoisotopic (exact) mass is 188 g/mol. The van der Waals surface area contributed by atoms with Gasteiger partial charge < -0.3 is 0 Å². The van der Waals surface area contributed by atoms with E-state index in [9.17, 15) is 0 Å². The van der Waals surface area contributed by atoms with Crippen LogP contribution in [0.2, 0.25) is 0 Å². The van der Waals surface area contributed by atoms with E-state index in [4.69, 9.17) is 0 Å². The largest absolute Gasteiger partial charge is 0.0839 e. The first-order valence-electron chi connectivity index (χ1n) is 5.50. The summed E-state index contributed by atoms with van der Waals surface area (Å²) in [6.45, 7) is 4.56. The van der Waals surface area contributed by atoms with Crippen molar-refractivity contribution in [1.29, 1.82) is 0 Å². The molecule has 0 aliphatic rings. The predicted octanol–water partition coefficient (Wildman–Crippen LogP) is 4.53. The van der Waals surface area contributed by atoms with Crippen LogP contribution in [-0.2, 0) is 0 Å². The zero-order valence-corrected chi connectivity index (χ0v) is 9.24. The summed E-state index contributed by atoms with van der Waals surface area (Å²) in [5.41, 5.74) is 1.30. The highest BCUT2D eigenvalue weighted by atomic mass is 14.0. The molecule has 0 amide bonds. The first-order chi connectivity index (χ1) is 6.79. The van der Waals surface area contributed by atoms with Crippen LogP contribution in [-0.4, -0.2) is 0 Å². The molecule has 0 nitrogen and oxygen atoms in total. The zero-order chi connectivity index (χ0) is 10.2. The van der Waals surface area contributed by atoms with Crippen molar-refractivity contribution >= 4 is 6.08 Å². The molecule has 0 spiro atoms. The van der Waals surface area contributed by atoms with Gasteiger partial charge in [0.1, 0.15) is 0 Å². The predicted molar refractivity (Wildman–Crippen MR) is 64.2 cm³/mol. The molecule has 0 heteroatoms. The van der Waals surface area contributed by atoms with Gasteiger partial charge >= 0.3 is 0 Å². The standard InChI is InChI=1S/C14H20/c1-13(2)9-5-3-6-10-14-11-7-4-8-12-14/h4,6-8,10-13H,3,5,9H2,1-2H3. The lowest BCUT2D eigenvalue weighted by molar-refractivity contribution is 0.560. The molecule has 0 bridgehead atoms. The van der Waals surface area contributed by atoms with Crippen LogP contribution in [0.3, 0.4) is 0 Å². The number of rotatable bonds is 5. The Morgan fingerprint density at radius 2 is 1.86 bits per heavy atom. The van der Waals surface area contributed by atoms with Gasteiger partial charge in [0.05, 0.1) is 0 Å². The molecule has 0 aromatic heterocycles. The average Bonchev–Trinajstić information content (AvgIpc) is 2.18. The smallest absolute Gasteiger partial charge is 0.0260 e. The minimum Gasteiger partial charge on any atom is -0.0839 e. The Morgan fingerprint density at radius 3 is 2.50 bits per heavy atom. The molecule has 0 heterocycles. The highest BCUT2D eigenvalue weighted by Gasteiger charge is 1.91. The van der Waals surface area contributed by atoms with Crippen LogP contribution in [0.15, 0.2) is 36.4 Å². The number of hydrogen-bond donors (Lipinski definition) is 0. The second-order valence-electron chi connectivity index (χ2n) is 4.14. The Bertz CT molecular complexity index is 257. The lowest BCUT2D eigenvalue weighted by Crippen LogP contribution is -1.84. The van der Waals surface area contributed by atoms with E-state index in [1.807, 2.05) is 0 Å². The van der Waals surface area contributed by atoms with Gasteiger partial charge in [0, 0.05) is 0 Å². The van der Waals surface area contributed by atoms with Crippen LogP contribution in [0.5, 0.6) is 0 Å². The fourth-order valence-corrected chi connectivity index (χ4v) is 1.43. The normalized spacial score (nSPS) is 11.4. The minimum absolute atomic E-state index is 0.833. The molecule has 14 heavy (non-hydrogen) atoms. The lowest BCUT2D eigenvalue weighted by atomic mass is 10.1. The van der Waals surface area contributed by atoms with E-state index >= 15 is 0 Å². The molecule has 1 aromatic rings. The van der Waals surface area contributed by atoms with Crippen molar-refractivity contribution in [3.05, 3.63) is 42.0 Å². The first kappa shape index (κ1) is 11.0. The van der Waals surface area contributed by atoms with E-state index in [0.29, 0.717) is 0 Å². The SMILES string of the molecule is CC(C)CCCC=Cc1ccccc1. The van der Waals surface area contributed by atoms with Gasteiger partial charge in [-0.05, 0) is 24.3 Å². The summed E-state index contributed by atoms with van der Waals surface area (Å²) in [5, 5.41) is 0. The molecule has 0 unspecified atom stereocenters. The molecule has 0 saturated carbocycles. The van der Waals surface area contributed by atoms with Crippen LogP contribution >= 0.6 is 0 Å². The van der Waals surface area contributed by atoms with Gasteiger partial charge in [-0.1, -0.05) is 62.8 Å². The zero-order valence-electron chi connectivity index (χ0n) is 9.24. The van der Waals surface area contributed by atoms with Crippen molar-refractivity contribution in [1.82, 2.24) is 0 Å². The molecule has 0 radical (unpaired) electrons. The van der Waals surface area contributed by atoms with Crippen molar-refractivity contribution in [3.63, 3.8) is 0 Å². The van der Waals surface area contributed by atoms with E-state index in [1.54, 1.807) is 0 Å². The summed E-state index contributed by atoms with van der Waals surface area (Å²) in [4.78, 5) is 0. The fourth-order valence-electron chi connectivity index (χ4n) is 1.43. The molecular weight excluding hydrogens is 168 g/mol. The molecule has 0 aliphatic carbocycles. The van der Waals surface area contributed by atoms with E-state index in [0.717, 1.165) is 5.92 Å². The Morgan fingerprint density at radius 1 is 1.14 bits per heavy atom. The molecule has 0 N–H and O–H groups in total. The number of hydrogen-bond acceptors (Lipinski definition) is 0. The van der Waals surface area contributed by atoms with Crippen molar-refractivity contribution < 1.29 is 0 Å². The average molecular weight is 188 g/mol. The maximum Gasteiger partial charge on any atom is -0.0260 e. The third-order valence-electron chi connectivity index (χ3n) is 2.26. The second-order valence-corrected chi connectivity index (χ2v) is 4.14. The van der Waals surface area contributed by atoms with Gasteiger partial charge in [0.25, 0.3) is 0 Å². The second kappa shape index (κ2) is 6.42. The molecule has 0 atom stereocenters. The van der Waals surface area contributed by atoms with Crippen molar-refractivity contribution in [2.45, 2.75) is 33.1 Å². The van der Waals surface area contributed by atoms with E-state index in [-0.39, 0.29) is 0 Å². The highest BCUT2D eigenvalue weighted by Crippen LogP contribution is 2.08. The van der Waals surface area contributed by atoms with Crippen LogP contribution in [0.25, 0.3) is 6.08 Å². The molecule has 1 aromatic carbocycles. The van der Waals surface area contributed by atoms with Gasteiger partial charge in [-0.15, -0.1) is 0 Å². The van der Waals surface area contributed by atoms with E-state index < -0.39 is 0 Å². The Labute approximate surface area is 87.7 Å². The van der Waals surface area contributed by atoms with Gasteiger partial charge in [-0.2, -0.15) is 0 Å². The maximum atomic E-state index is 2.28. The Balaban J connectivity index is 2.21. The minimum atomic E-state index is 0.833. The van der Waals surface area contributed by atoms with Crippen LogP contribution < -0.4 is 0 Å². The molecule has 0 fully saturated rings. The fraction of sp³-hybridized carbons (Fsp3) is 0.429. The maximum absolute atomic E-state index is 2.28. The quantitative estimate of drug-likeness (QED) is 0.596.